The highest BCUT2D eigenvalue weighted by atomic mass is 19.4. The lowest BCUT2D eigenvalue weighted by Gasteiger charge is -2.32. The molecule has 0 radical (unpaired) electrons. The molecule has 0 saturated heterocycles. The Morgan fingerprint density at radius 2 is 1.93 bits per heavy atom. The van der Waals surface area contributed by atoms with Gasteiger partial charge in [-0.05, 0) is 38.0 Å². The molecule has 2 heterocycles. The maximum atomic E-state index is 13.0. The maximum Gasteiger partial charge on any atom is 0.449 e. The number of hydrogen-bond donors (Lipinski definition) is 2. The number of fused-ring (bicyclic) bond motifs is 1. The zero-order valence-electron chi connectivity index (χ0n) is 15.6. The van der Waals surface area contributed by atoms with Gasteiger partial charge >= 0.3 is 6.18 Å². The van der Waals surface area contributed by atoms with Gasteiger partial charge in [-0.25, -0.2) is 4.98 Å². The Balaban J connectivity index is 1.42. The van der Waals surface area contributed by atoms with E-state index in [2.05, 4.69) is 15.6 Å². The predicted molar refractivity (Wildman–Crippen MR) is 94.1 cm³/mol. The van der Waals surface area contributed by atoms with Gasteiger partial charge in [-0.15, -0.1) is 0 Å². The van der Waals surface area contributed by atoms with Crippen LogP contribution in [0.2, 0.25) is 0 Å². The summed E-state index contributed by atoms with van der Waals surface area (Å²) in [4.78, 5) is 29.1. The Labute approximate surface area is 161 Å². The van der Waals surface area contributed by atoms with E-state index < -0.39 is 23.5 Å². The van der Waals surface area contributed by atoms with Crippen LogP contribution in [0, 0.1) is 11.8 Å². The number of aromatic nitrogens is 2. The molecule has 0 aromatic carbocycles. The molecular weight excluding hydrogens is 373 g/mol. The van der Waals surface area contributed by atoms with Crippen LogP contribution in [-0.2, 0) is 28.7 Å². The van der Waals surface area contributed by atoms with Crippen molar-refractivity contribution in [1.29, 1.82) is 0 Å². The lowest BCUT2D eigenvalue weighted by molar-refractivity contribution is -0.147. The molecule has 6 nitrogen and oxygen atoms in total. The molecule has 1 aliphatic heterocycles. The lowest BCUT2D eigenvalue weighted by Crippen LogP contribution is -2.58. The van der Waals surface area contributed by atoms with Gasteiger partial charge in [0.15, 0.2) is 0 Å². The molecule has 2 saturated carbocycles. The third-order valence-electron chi connectivity index (χ3n) is 6.22. The molecular formula is C19H25F3N4O2. The minimum atomic E-state index is -4.50. The number of hydrogen-bond acceptors (Lipinski definition) is 3. The highest BCUT2D eigenvalue weighted by Crippen LogP contribution is 2.34. The monoisotopic (exact) mass is 398 g/mol. The van der Waals surface area contributed by atoms with E-state index in [1.54, 1.807) is 0 Å². The first-order valence-electron chi connectivity index (χ1n) is 10.0. The van der Waals surface area contributed by atoms with Crippen LogP contribution in [0.5, 0.6) is 0 Å². The lowest BCUT2D eigenvalue weighted by atomic mass is 9.91. The highest BCUT2D eigenvalue weighted by Gasteiger charge is 2.45. The molecule has 2 fully saturated rings. The Morgan fingerprint density at radius 1 is 1.21 bits per heavy atom. The molecule has 2 amide bonds. The first-order valence-corrected chi connectivity index (χ1v) is 10.0. The molecule has 3 aliphatic rings. The fraction of sp³-hybridized carbons (Fsp3) is 0.737. The van der Waals surface area contributed by atoms with Crippen molar-refractivity contribution < 1.29 is 22.8 Å². The molecule has 1 aromatic heterocycles. The van der Waals surface area contributed by atoms with Crippen LogP contribution in [-0.4, -0.2) is 33.4 Å². The summed E-state index contributed by atoms with van der Waals surface area (Å²) in [6.07, 6.45) is 2.46. The quantitative estimate of drug-likeness (QED) is 0.800. The van der Waals surface area contributed by atoms with Gasteiger partial charge in [0.1, 0.15) is 5.54 Å². The number of carbonyl (C=O) groups excluding carboxylic acids is 2. The molecule has 0 bridgehead atoms. The maximum absolute atomic E-state index is 13.0. The van der Waals surface area contributed by atoms with Gasteiger partial charge in [0.25, 0.3) is 0 Å². The standard InChI is InChI=1S/C19H25F3N4O2/c20-19(21,22)16-23-11-14-9-13(5-8-26(14)16)15(27)25-18(6-1-2-7-18)17(28)24-10-12-3-4-12/h11-13H,1-10H2,(H,24,28)(H,25,27)/t13-/m1/s1. The molecule has 0 unspecified atom stereocenters. The molecule has 4 rings (SSSR count). The highest BCUT2D eigenvalue weighted by molar-refractivity contribution is 5.92. The van der Waals surface area contributed by atoms with Crippen molar-refractivity contribution >= 4 is 11.8 Å². The van der Waals surface area contributed by atoms with Crippen LogP contribution < -0.4 is 10.6 Å². The number of nitrogens with zero attached hydrogens (tertiary/aromatic N) is 2. The van der Waals surface area contributed by atoms with Crippen LogP contribution >= 0.6 is 0 Å². The minimum absolute atomic E-state index is 0.100. The number of imidazole rings is 1. The van der Waals surface area contributed by atoms with E-state index in [4.69, 9.17) is 0 Å². The van der Waals surface area contributed by atoms with E-state index in [0.717, 1.165) is 30.3 Å². The van der Waals surface area contributed by atoms with Crippen molar-refractivity contribution in [3.05, 3.63) is 17.7 Å². The van der Waals surface area contributed by atoms with Crippen LogP contribution in [0.15, 0.2) is 6.20 Å². The normalized spacial score (nSPS) is 23.9. The van der Waals surface area contributed by atoms with Gasteiger partial charge in [0, 0.05) is 37.3 Å². The fourth-order valence-corrected chi connectivity index (χ4v) is 4.37. The van der Waals surface area contributed by atoms with Gasteiger partial charge in [0.05, 0.1) is 0 Å². The van der Waals surface area contributed by atoms with Crippen molar-refractivity contribution in [2.75, 3.05) is 6.54 Å². The molecule has 28 heavy (non-hydrogen) atoms. The summed E-state index contributed by atoms with van der Waals surface area (Å²) in [5.41, 5.74) is -0.460. The Bertz CT molecular complexity index is 764. The largest absolute Gasteiger partial charge is 0.449 e. The van der Waals surface area contributed by atoms with Crippen LogP contribution in [0.1, 0.15) is 56.5 Å². The van der Waals surface area contributed by atoms with E-state index >= 15 is 0 Å². The second-order valence-electron chi connectivity index (χ2n) is 8.34. The fourth-order valence-electron chi connectivity index (χ4n) is 4.37. The zero-order valence-corrected chi connectivity index (χ0v) is 15.6. The van der Waals surface area contributed by atoms with Crippen molar-refractivity contribution in [3.8, 4) is 0 Å². The number of rotatable bonds is 5. The topological polar surface area (TPSA) is 76.0 Å². The molecule has 1 atom stereocenters. The third kappa shape index (κ3) is 3.75. The van der Waals surface area contributed by atoms with Crippen molar-refractivity contribution in [2.24, 2.45) is 11.8 Å². The van der Waals surface area contributed by atoms with Crippen molar-refractivity contribution in [2.45, 2.75) is 69.6 Å². The van der Waals surface area contributed by atoms with Gasteiger partial charge in [-0.1, -0.05) is 12.8 Å². The number of amides is 2. The van der Waals surface area contributed by atoms with Gasteiger partial charge < -0.3 is 15.2 Å². The predicted octanol–water partition coefficient (Wildman–Crippen LogP) is 2.42. The number of halogens is 3. The van der Waals surface area contributed by atoms with Gasteiger partial charge in [0.2, 0.25) is 17.6 Å². The molecule has 1 aromatic rings. The number of nitrogens with one attached hydrogen (secondary N) is 2. The van der Waals surface area contributed by atoms with E-state index in [1.165, 1.54) is 6.20 Å². The van der Waals surface area contributed by atoms with Crippen molar-refractivity contribution in [1.82, 2.24) is 20.2 Å². The minimum Gasteiger partial charge on any atom is -0.354 e. The molecule has 2 N–H and O–H groups in total. The van der Waals surface area contributed by atoms with Crippen molar-refractivity contribution in [3.63, 3.8) is 0 Å². The molecule has 2 aliphatic carbocycles. The van der Waals surface area contributed by atoms with Crippen LogP contribution in [0.4, 0.5) is 13.2 Å². The molecule has 0 spiro atoms. The average molecular weight is 398 g/mol. The summed E-state index contributed by atoms with van der Waals surface area (Å²) in [6.45, 7) is 0.752. The second kappa shape index (κ2) is 7.08. The molecule has 9 heteroatoms. The summed E-state index contributed by atoms with van der Waals surface area (Å²) >= 11 is 0. The van der Waals surface area contributed by atoms with E-state index in [0.29, 0.717) is 37.4 Å². The van der Waals surface area contributed by atoms with E-state index in [9.17, 15) is 22.8 Å². The third-order valence-corrected chi connectivity index (χ3v) is 6.22. The Kier molecular flexibility index (Phi) is 4.87. The molecule has 154 valence electrons. The first-order chi connectivity index (χ1) is 13.3. The Morgan fingerprint density at radius 3 is 2.57 bits per heavy atom. The number of carbonyl (C=O) groups is 2. The average Bonchev–Trinajstić information content (AvgIpc) is 3.17. The van der Waals surface area contributed by atoms with Gasteiger partial charge in [-0.3, -0.25) is 9.59 Å². The second-order valence-corrected chi connectivity index (χ2v) is 8.34. The number of alkyl halides is 3. The van der Waals surface area contributed by atoms with Crippen LogP contribution in [0.3, 0.4) is 0 Å². The summed E-state index contributed by atoms with van der Waals surface area (Å²) in [5.74, 6) is -1.17. The van der Waals surface area contributed by atoms with Crippen LogP contribution in [0.25, 0.3) is 0 Å². The zero-order chi connectivity index (χ0) is 19.9. The summed E-state index contributed by atoms with van der Waals surface area (Å²) in [6, 6.07) is 0. The van der Waals surface area contributed by atoms with Gasteiger partial charge in [-0.2, -0.15) is 13.2 Å². The first kappa shape index (κ1) is 19.3. The SMILES string of the molecule is O=C(NC1(C(=O)NCC2CC2)CCCC1)[C@@H]1CCn2c(cnc2C(F)(F)F)C1. The Hall–Kier alpha value is -2.06. The van der Waals surface area contributed by atoms with E-state index in [1.807, 2.05) is 0 Å². The smallest absolute Gasteiger partial charge is 0.354 e. The van der Waals surface area contributed by atoms with E-state index in [-0.39, 0.29) is 24.8 Å². The summed E-state index contributed by atoms with van der Waals surface area (Å²) < 4.78 is 40.2. The summed E-state index contributed by atoms with van der Waals surface area (Å²) in [7, 11) is 0. The summed E-state index contributed by atoms with van der Waals surface area (Å²) in [5, 5.41) is 5.95.